The van der Waals surface area contributed by atoms with Crippen molar-refractivity contribution < 1.29 is 9.18 Å². The predicted molar refractivity (Wildman–Crippen MR) is 133 cm³/mol. The number of anilines is 1. The van der Waals surface area contributed by atoms with E-state index >= 15 is 0 Å². The Morgan fingerprint density at radius 2 is 1.94 bits per heavy atom. The van der Waals surface area contributed by atoms with E-state index in [1.54, 1.807) is 35.2 Å². The Morgan fingerprint density at radius 3 is 2.60 bits per heavy atom. The van der Waals surface area contributed by atoms with Crippen molar-refractivity contribution in [2.75, 3.05) is 5.32 Å². The summed E-state index contributed by atoms with van der Waals surface area (Å²) in [5.74, 6) is -0.429. The highest BCUT2D eigenvalue weighted by atomic mass is 32.1. The first-order valence-corrected chi connectivity index (χ1v) is 11.9. The van der Waals surface area contributed by atoms with Gasteiger partial charge in [0, 0.05) is 27.0 Å². The summed E-state index contributed by atoms with van der Waals surface area (Å²) in [6.45, 7) is 9.78. The lowest BCUT2D eigenvalue weighted by Gasteiger charge is -2.12. The molecule has 0 aliphatic rings. The third kappa shape index (κ3) is 4.08. The third-order valence-corrected chi connectivity index (χ3v) is 6.64. The third-order valence-electron chi connectivity index (χ3n) is 5.68. The molecule has 1 N–H and O–H groups in total. The minimum Gasteiger partial charge on any atom is -0.322 e. The first-order valence-electron chi connectivity index (χ1n) is 11.0. The minimum atomic E-state index is -0.506. The molecule has 0 saturated carbocycles. The van der Waals surface area contributed by atoms with Crippen molar-refractivity contribution in [2.45, 2.75) is 40.7 Å². The van der Waals surface area contributed by atoms with Crippen LogP contribution in [0.5, 0.6) is 0 Å². The maximum atomic E-state index is 14.5. The van der Waals surface area contributed by atoms with Gasteiger partial charge in [-0.25, -0.2) is 14.1 Å². The smallest absolute Gasteiger partial charge is 0.256 e. The molecule has 0 bridgehead atoms. The molecule has 0 spiro atoms. The summed E-state index contributed by atoms with van der Waals surface area (Å²) in [5, 5.41) is 19.2. The monoisotopic (exact) mass is 490 g/mol. The van der Waals surface area contributed by atoms with E-state index in [2.05, 4.69) is 32.0 Å². The largest absolute Gasteiger partial charge is 0.322 e. The number of nitrogens with one attached hydrogen (secondary N) is 1. The topological polar surface area (TPSA) is 103 Å². The zero-order chi connectivity index (χ0) is 24.9. The van der Waals surface area contributed by atoms with Gasteiger partial charge in [-0.05, 0) is 75.4 Å². The normalized spacial score (nSPS) is 11.5. The van der Waals surface area contributed by atoms with Crippen molar-refractivity contribution >= 4 is 34.0 Å². The molecule has 0 atom stereocenters. The number of rotatable bonds is 5. The summed E-state index contributed by atoms with van der Waals surface area (Å²) in [6.07, 6.45) is 1.66. The van der Waals surface area contributed by atoms with Crippen LogP contribution in [0.1, 0.15) is 45.8 Å². The molecule has 0 aliphatic carbocycles. The maximum absolute atomic E-state index is 14.5. The Morgan fingerprint density at radius 1 is 1.14 bits per heavy atom. The molecule has 0 aliphatic heterocycles. The number of carbonyl (C=O) groups is 1. The van der Waals surface area contributed by atoms with E-state index in [-0.39, 0.29) is 17.6 Å². The molecule has 4 aromatic heterocycles. The zero-order valence-corrected chi connectivity index (χ0v) is 20.7. The molecule has 4 heterocycles. The van der Waals surface area contributed by atoms with Crippen LogP contribution in [0.3, 0.4) is 0 Å². The van der Waals surface area contributed by atoms with Crippen LogP contribution in [0.25, 0.3) is 28.0 Å². The Labute approximate surface area is 204 Å². The van der Waals surface area contributed by atoms with Gasteiger partial charge in [0.25, 0.3) is 5.91 Å². The maximum Gasteiger partial charge on any atom is 0.256 e. The number of fused-ring (bicyclic) bond motifs is 1. The van der Waals surface area contributed by atoms with Crippen LogP contribution in [0.4, 0.5) is 10.1 Å². The lowest BCUT2D eigenvalue weighted by atomic mass is 10.1. The average molecular weight is 491 g/mol. The Kier molecular flexibility index (Phi) is 5.64. The number of amides is 1. The van der Waals surface area contributed by atoms with Gasteiger partial charge in [0.05, 0.1) is 22.8 Å². The summed E-state index contributed by atoms with van der Waals surface area (Å²) in [4.78, 5) is 20.7. The first-order chi connectivity index (χ1) is 16.7. The number of hydrogen-bond donors (Lipinski definition) is 1. The van der Waals surface area contributed by atoms with Crippen LogP contribution < -0.4 is 5.32 Å². The van der Waals surface area contributed by atoms with Gasteiger partial charge in [-0.15, -0.1) is 16.4 Å². The number of tetrazole rings is 1. The lowest BCUT2D eigenvalue weighted by Crippen LogP contribution is -2.14. The van der Waals surface area contributed by atoms with Gasteiger partial charge < -0.3 is 5.32 Å². The summed E-state index contributed by atoms with van der Waals surface area (Å²) in [6, 6.07) is 8.20. The predicted octanol–water partition coefficient (Wildman–Crippen LogP) is 5.03. The molecule has 178 valence electrons. The SMILES string of the molecule is Cc1cc(-c2cc(C(=O)Nc3ccc(F)c(-n4nnnc4C)c3)c3cnn(C(C)C)c3n2)c(C)s1. The second kappa shape index (κ2) is 8.66. The molecule has 0 radical (unpaired) electrons. The number of thiophene rings is 1. The molecule has 0 unspecified atom stereocenters. The van der Waals surface area contributed by atoms with Gasteiger partial charge in [-0.1, -0.05) is 0 Å². The molecule has 1 aromatic carbocycles. The van der Waals surface area contributed by atoms with Gasteiger partial charge in [0.15, 0.2) is 11.5 Å². The minimum absolute atomic E-state index is 0.0654. The van der Waals surface area contributed by atoms with Crippen molar-refractivity contribution in [3.8, 4) is 16.9 Å². The number of pyridine rings is 1. The highest BCUT2D eigenvalue weighted by molar-refractivity contribution is 7.12. The van der Waals surface area contributed by atoms with Crippen LogP contribution in [-0.2, 0) is 0 Å². The van der Waals surface area contributed by atoms with Crippen molar-refractivity contribution in [3.63, 3.8) is 0 Å². The van der Waals surface area contributed by atoms with Gasteiger partial charge in [0.1, 0.15) is 11.5 Å². The van der Waals surface area contributed by atoms with Gasteiger partial charge in [-0.2, -0.15) is 9.78 Å². The van der Waals surface area contributed by atoms with Crippen LogP contribution in [0.15, 0.2) is 36.5 Å². The number of hydrogen-bond acceptors (Lipinski definition) is 7. The van der Waals surface area contributed by atoms with E-state index in [4.69, 9.17) is 4.98 Å². The second-order valence-corrected chi connectivity index (χ2v) is 10.0. The standard InChI is InChI=1S/C24H23FN8OS/c1-12(2)32-23-19(11-26-32)18(10-21(28-23)17-8-13(3)35-14(17)4)24(34)27-16-6-7-20(25)22(9-16)33-15(5)29-30-31-33/h6-12H,1-5H3,(H,27,34). The number of carbonyl (C=O) groups excluding carboxylic acids is 1. The molecule has 5 aromatic rings. The van der Waals surface area contributed by atoms with E-state index < -0.39 is 5.82 Å². The summed E-state index contributed by atoms with van der Waals surface area (Å²) in [7, 11) is 0. The molecule has 35 heavy (non-hydrogen) atoms. The molecular formula is C24H23FN8OS. The summed E-state index contributed by atoms with van der Waals surface area (Å²) in [5.41, 5.74) is 3.31. The number of aryl methyl sites for hydroxylation is 3. The van der Waals surface area contributed by atoms with E-state index in [0.29, 0.717) is 33.8 Å². The molecular weight excluding hydrogens is 467 g/mol. The highest BCUT2D eigenvalue weighted by Crippen LogP contribution is 2.33. The highest BCUT2D eigenvalue weighted by Gasteiger charge is 2.21. The van der Waals surface area contributed by atoms with Crippen molar-refractivity contribution in [1.29, 1.82) is 0 Å². The number of nitrogens with zero attached hydrogens (tertiary/aromatic N) is 7. The fourth-order valence-electron chi connectivity index (χ4n) is 4.01. The van der Waals surface area contributed by atoms with E-state index in [0.717, 1.165) is 10.4 Å². The fourth-order valence-corrected chi connectivity index (χ4v) is 4.95. The average Bonchev–Trinajstić information content (AvgIpc) is 3.52. The summed E-state index contributed by atoms with van der Waals surface area (Å²) >= 11 is 1.68. The van der Waals surface area contributed by atoms with Gasteiger partial charge >= 0.3 is 0 Å². The number of halogens is 1. The van der Waals surface area contributed by atoms with Crippen molar-refractivity contribution in [2.24, 2.45) is 0 Å². The fraction of sp³-hybridized carbons (Fsp3) is 0.250. The number of aromatic nitrogens is 7. The van der Waals surface area contributed by atoms with Crippen LogP contribution >= 0.6 is 11.3 Å². The Hall–Kier alpha value is -3.99. The van der Waals surface area contributed by atoms with Gasteiger partial charge in [0.2, 0.25) is 0 Å². The molecule has 0 fully saturated rings. The van der Waals surface area contributed by atoms with E-state index in [1.165, 1.54) is 27.8 Å². The van der Waals surface area contributed by atoms with E-state index in [9.17, 15) is 9.18 Å². The lowest BCUT2D eigenvalue weighted by molar-refractivity contribution is 0.102. The van der Waals surface area contributed by atoms with Crippen LogP contribution in [-0.4, -0.2) is 40.9 Å². The van der Waals surface area contributed by atoms with E-state index in [1.807, 2.05) is 27.7 Å². The van der Waals surface area contributed by atoms with Gasteiger partial charge in [-0.3, -0.25) is 4.79 Å². The zero-order valence-electron chi connectivity index (χ0n) is 19.9. The van der Waals surface area contributed by atoms with Crippen LogP contribution in [0, 0.1) is 26.6 Å². The quantitative estimate of drug-likeness (QED) is 0.370. The first kappa shape index (κ1) is 22.8. The van der Waals surface area contributed by atoms with Crippen molar-refractivity contribution in [3.05, 3.63) is 63.5 Å². The Bertz CT molecular complexity index is 1580. The molecule has 5 rings (SSSR count). The molecule has 9 nitrogen and oxygen atoms in total. The Balaban J connectivity index is 1.60. The van der Waals surface area contributed by atoms with Crippen LogP contribution in [0.2, 0.25) is 0 Å². The summed E-state index contributed by atoms with van der Waals surface area (Å²) < 4.78 is 17.6. The molecule has 11 heteroatoms. The van der Waals surface area contributed by atoms with Crippen molar-refractivity contribution in [1.82, 2.24) is 35.0 Å². The second-order valence-electron chi connectivity index (χ2n) is 8.56. The molecule has 0 saturated heterocycles. The number of benzene rings is 1. The molecule has 1 amide bonds.